The summed E-state index contributed by atoms with van der Waals surface area (Å²) in [7, 11) is -0.208. The predicted molar refractivity (Wildman–Crippen MR) is 203 cm³/mol. The number of rotatable bonds is 4. The molecule has 2 saturated heterocycles. The van der Waals surface area contributed by atoms with Crippen LogP contribution in [-0.2, 0) is 31.3 Å². The molecule has 0 radical (unpaired) electrons. The third kappa shape index (κ3) is 6.80. The molecule has 8 atom stereocenters. The number of hydrogen-bond acceptors (Lipinski definition) is 6. The lowest BCUT2D eigenvalue weighted by Gasteiger charge is -2.64. The molecule has 10 rings (SSSR count). The van der Waals surface area contributed by atoms with Crippen molar-refractivity contribution in [2.75, 3.05) is 0 Å². The zero-order chi connectivity index (χ0) is 36.7. The molecule has 6 aliphatic carbocycles. The van der Waals surface area contributed by atoms with Gasteiger partial charge in [0.05, 0.1) is 34.6 Å². The molecule has 8 heteroatoms. The van der Waals surface area contributed by atoms with Crippen molar-refractivity contribution in [3.63, 3.8) is 0 Å². The molecule has 6 nitrogen and oxygen atoms in total. The summed E-state index contributed by atoms with van der Waals surface area (Å²) in [5, 5.41) is 19.7. The highest BCUT2D eigenvalue weighted by Gasteiger charge is 2.68. The zero-order valence-corrected chi connectivity index (χ0v) is 33.0. The monoisotopic (exact) mass is 686 g/mol. The molecular weight excluding hydrogens is 622 g/mol. The molecule has 50 heavy (non-hydrogen) atoms. The van der Waals surface area contributed by atoms with Gasteiger partial charge in [-0.1, -0.05) is 87.4 Å². The van der Waals surface area contributed by atoms with Gasteiger partial charge in [0.2, 0.25) is 0 Å². The van der Waals surface area contributed by atoms with E-state index in [9.17, 15) is 10.2 Å². The molecule has 2 aromatic rings. The minimum atomic E-state index is -0.849. The fourth-order valence-electron chi connectivity index (χ4n) is 10.1. The lowest BCUT2D eigenvalue weighted by Crippen LogP contribution is -2.66. The van der Waals surface area contributed by atoms with E-state index in [4.69, 9.17) is 18.6 Å². The fourth-order valence-corrected chi connectivity index (χ4v) is 10.1. The summed E-state index contributed by atoms with van der Waals surface area (Å²) < 4.78 is 24.7. The van der Waals surface area contributed by atoms with Crippen LogP contribution < -0.4 is 0 Å². The van der Waals surface area contributed by atoms with Crippen LogP contribution in [0.1, 0.15) is 117 Å². The van der Waals surface area contributed by atoms with E-state index in [1.807, 2.05) is 0 Å². The van der Waals surface area contributed by atoms with E-state index in [-0.39, 0.29) is 36.5 Å². The van der Waals surface area contributed by atoms with Gasteiger partial charge in [-0.05, 0) is 127 Å². The Hall–Kier alpha value is -1.67. The maximum atomic E-state index is 10.0. The minimum Gasteiger partial charge on any atom is -0.405 e. The molecule has 0 aromatic heterocycles. The van der Waals surface area contributed by atoms with Gasteiger partial charge < -0.3 is 28.8 Å². The lowest BCUT2D eigenvalue weighted by atomic mass is 9.43. The first-order chi connectivity index (χ1) is 23.1. The Bertz CT molecular complexity index is 1490. The molecule has 0 spiro atoms. The largest absolute Gasteiger partial charge is 0.462 e. The maximum Gasteiger partial charge on any atom is 0.462 e. The third-order valence-electron chi connectivity index (χ3n) is 14.7. The second-order valence-corrected chi connectivity index (χ2v) is 19.2. The van der Waals surface area contributed by atoms with Crippen LogP contribution in [-0.4, -0.2) is 59.1 Å². The number of fused-ring (bicyclic) bond motifs is 2. The standard InChI is InChI=1S/C18H25BO2.C14H21BO2.C10H18O2/c1-12-5-7-13(8-6-12)11-19-20-16-10-14-9-15(17(14,2)3)18(16,4)21-19;1-11-6-8-12(9-7-11)10-15-16-13(2,3)14(4,5)17-15;1-9(2)6-4-7(9)10(3,12)8(11)5-6/h5-8,14-16H,9-11H2,1-4H3;6-9H,10H2,1-5H3;6-8,11-12H,4-5H2,1-3H3/t14-,15-,16+,18-;;6-,7-,8+,10-/m0.0/s1. The highest BCUT2D eigenvalue weighted by Crippen LogP contribution is 2.66. The Morgan fingerprint density at radius 2 is 1.04 bits per heavy atom. The molecule has 2 aromatic carbocycles. The van der Waals surface area contributed by atoms with Crippen molar-refractivity contribution in [1.29, 1.82) is 0 Å². The molecular formula is C42H64B2O6. The Kier molecular flexibility index (Phi) is 9.91. The van der Waals surface area contributed by atoms with Crippen molar-refractivity contribution >= 4 is 14.2 Å². The van der Waals surface area contributed by atoms with Crippen LogP contribution in [0.3, 0.4) is 0 Å². The summed E-state index contributed by atoms with van der Waals surface area (Å²) in [5.74, 6) is 2.38. The van der Waals surface area contributed by atoms with Crippen LogP contribution in [0.25, 0.3) is 0 Å². The van der Waals surface area contributed by atoms with E-state index >= 15 is 0 Å². The first-order valence-corrected chi connectivity index (χ1v) is 19.3. The van der Waals surface area contributed by atoms with Crippen molar-refractivity contribution in [3.8, 4) is 0 Å². The molecule has 6 saturated carbocycles. The Balaban J connectivity index is 0.000000135. The molecule has 8 aliphatic rings. The Morgan fingerprint density at radius 3 is 1.48 bits per heavy atom. The van der Waals surface area contributed by atoms with Crippen molar-refractivity contribution in [3.05, 3.63) is 70.8 Å². The van der Waals surface area contributed by atoms with Crippen LogP contribution in [0.2, 0.25) is 0 Å². The SMILES string of the molecule is CC1(C)[C@@H]2C[C@@H](O)[C@@](C)(O)[C@H]1C2.Cc1ccc(CB2OC(C)(C)C(C)(C)O2)cc1.Cc1ccc(CB2O[C@@H]3C[C@@H]4C[C@@H](C4(C)C)[C@]3(C)O2)cc1. The number of hydrogen-bond donors (Lipinski definition) is 2. The van der Waals surface area contributed by atoms with E-state index in [1.165, 1.54) is 35.1 Å². The molecule has 0 amide bonds. The average molecular weight is 687 g/mol. The highest BCUT2D eigenvalue weighted by molar-refractivity contribution is 6.45. The van der Waals surface area contributed by atoms with Gasteiger partial charge in [-0.2, -0.15) is 0 Å². The topological polar surface area (TPSA) is 77.4 Å². The van der Waals surface area contributed by atoms with Gasteiger partial charge in [0.25, 0.3) is 0 Å². The van der Waals surface area contributed by atoms with Crippen molar-refractivity contribution < 1.29 is 28.8 Å². The third-order valence-corrected chi connectivity index (χ3v) is 14.7. The van der Waals surface area contributed by atoms with E-state index in [2.05, 4.69) is 125 Å². The van der Waals surface area contributed by atoms with Crippen LogP contribution in [0.15, 0.2) is 48.5 Å². The first kappa shape index (κ1) is 38.1. The summed E-state index contributed by atoms with van der Waals surface area (Å²) in [4.78, 5) is 0. The summed E-state index contributed by atoms with van der Waals surface area (Å²) >= 11 is 0. The second-order valence-electron chi connectivity index (χ2n) is 19.2. The average Bonchev–Trinajstić information content (AvgIpc) is 3.46. The van der Waals surface area contributed by atoms with E-state index in [1.54, 1.807) is 6.92 Å². The number of benzene rings is 2. The molecule has 0 unspecified atom stereocenters. The molecule has 8 fully saturated rings. The molecule has 4 bridgehead atoms. The van der Waals surface area contributed by atoms with Gasteiger partial charge in [0, 0.05) is 12.6 Å². The van der Waals surface area contributed by atoms with Crippen LogP contribution >= 0.6 is 0 Å². The highest BCUT2D eigenvalue weighted by atomic mass is 16.7. The van der Waals surface area contributed by atoms with E-state index in [0.29, 0.717) is 29.3 Å². The van der Waals surface area contributed by atoms with Gasteiger partial charge in [-0.15, -0.1) is 0 Å². The fraction of sp³-hybridized carbons (Fsp3) is 0.714. The van der Waals surface area contributed by atoms with Gasteiger partial charge >= 0.3 is 14.2 Å². The minimum absolute atomic E-state index is 0.0714. The quantitative estimate of drug-likeness (QED) is 0.317. The van der Waals surface area contributed by atoms with Gasteiger partial charge in [-0.25, -0.2) is 0 Å². The smallest absolute Gasteiger partial charge is 0.405 e. The van der Waals surface area contributed by atoms with E-state index in [0.717, 1.165) is 31.4 Å². The van der Waals surface area contributed by atoms with Gasteiger partial charge in [0.1, 0.15) is 0 Å². The molecule has 2 aliphatic heterocycles. The Labute approximate surface area is 303 Å². The predicted octanol–water partition coefficient (Wildman–Crippen LogP) is 8.14. The number of aliphatic hydroxyl groups excluding tert-OH is 1. The number of aryl methyl sites for hydroxylation is 2. The van der Waals surface area contributed by atoms with Crippen molar-refractivity contribution in [2.24, 2.45) is 34.5 Å². The second kappa shape index (κ2) is 13.0. The lowest BCUT2D eigenvalue weighted by molar-refractivity contribution is -0.245. The molecule has 2 N–H and O–H groups in total. The van der Waals surface area contributed by atoms with Crippen molar-refractivity contribution in [2.45, 2.75) is 156 Å². The summed E-state index contributed by atoms with van der Waals surface area (Å²) in [6.07, 6.45) is 5.83. The van der Waals surface area contributed by atoms with Crippen LogP contribution in [0.5, 0.6) is 0 Å². The summed E-state index contributed by atoms with van der Waals surface area (Å²) in [5.41, 5.74) is 4.42. The first-order valence-electron chi connectivity index (χ1n) is 19.3. The number of aliphatic hydroxyl groups is 2. The Morgan fingerprint density at radius 1 is 0.600 bits per heavy atom. The van der Waals surface area contributed by atoms with Crippen molar-refractivity contribution in [1.82, 2.24) is 0 Å². The van der Waals surface area contributed by atoms with Crippen LogP contribution in [0.4, 0.5) is 0 Å². The molecule has 2 heterocycles. The van der Waals surface area contributed by atoms with Gasteiger partial charge in [0.15, 0.2) is 0 Å². The maximum absolute atomic E-state index is 10.0. The summed E-state index contributed by atoms with van der Waals surface area (Å²) in [6.45, 7) is 25.8. The summed E-state index contributed by atoms with van der Waals surface area (Å²) in [6, 6.07) is 17.2. The van der Waals surface area contributed by atoms with Crippen LogP contribution in [0, 0.1) is 48.3 Å². The normalized spacial score (nSPS) is 37.6. The zero-order valence-electron chi connectivity index (χ0n) is 33.0. The van der Waals surface area contributed by atoms with E-state index < -0.39 is 11.7 Å². The molecule has 274 valence electrons. The van der Waals surface area contributed by atoms with Gasteiger partial charge in [-0.3, -0.25) is 0 Å².